The quantitative estimate of drug-likeness (QED) is 0.686. The molecule has 13 heavy (non-hydrogen) atoms. The van der Waals surface area contributed by atoms with Crippen LogP contribution in [0.1, 0.15) is 0 Å². The van der Waals surface area contributed by atoms with E-state index in [1.54, 1.807) is 10.9 Å². The second-order valence-electron chi connectivity index (χ2n) is 2.56. The molecule has 0 unspecified atom stereocenters. The van der Waals surface area contributed by atoms with E-state index in [0.717, 1.165) is 11.0 Å². The summed E-state index contributed by atoms with van der Waals surface area (Å²) in [5.74, 6) is 0. The van der Waals surface area contributed by atoms with Gasteiger partial charge in [0.05, 0.1) is 31.1 Å². The zero-order chi connectivity index (χ0) is 9.26. The van der Waals surface area contributed by atoms with E-state index < -0.39 is 0 Å². The van der Waals surface area contributed by atoms with Gasteiger partial charge in [0, 0.05) is 0 Å². The lowest BCUT2D eigenvalue weighted by molar-refractivity contribution is 0.271. The van der Waals surface area contributed by atoms with E-state index in [1.807, 2.05) is 0 Å². The zero-order valence-corrected chi connectivity index (χ0v) is 7.58. The minimum absolute atomic E-state index is 0.0553. The Morgan fingerprint density at radius 2 is 2.46 bits per heavy atom. The molecule has 5 nitrogen and oxygen atoms in total. The molecular formula is C7H8N4OS. The van der Waals surface area contributed by atoms with Crippen LogP contribution in [-0.4, -0.2) is 31.5 Å². The highest BCUT2D eigenvalue weighted by atomic mass is 32.1. The Hall–Kier alpha value is -1.27. The van der Waals surface area contributed by atoms with E-state index in [9.17, 15) is 0 Å². The summed E-state index contributed by atoms with van der Waals surface area (Å²) >= 11 is 5.00. The van der Waals surface area contributed by atoms with Crippen molar-refractivity contribution in [2.24, 2.45) is 0 Å². The molecule has 0 aliphatic rings. The van der Waals surface area contributed by atoms with Gasteiger partial charge in [0.25, 0.3) is 0 Å². The number of aromatic nitrogens is 4. The Morgan fingerprint density at radius 3 is 3.23 bits per heavy atom. The van der Waals surface area contributed by atoms with Crippen molar-refractivity contribution in [1.82, 2.24) is 19.7 Å². The fraction of sp³-hybridized carbons (Fsp3) is 0.286. The van der Waals surface area contributed by atoms with E-state index >= 15 is 0 Å². The molecule has 68 valence electrons. The lowest BCUT2D eigenvalue weighted by atomic mass is 10.4. The minimum Gasteiger partial charge on any atom is -0.394 e. The van der Waals surface area contributed by atoms with Gasteiger partial charge in [0.1, 0.15) is 10.3 Å². The van der Waals surface area contributed by atoms with E-state index in [4.69, 9.17) is 17.3 Å². The van der Waals surface area contributed by atoms with Gasteiger partial charge in [0.15, 0.2) is 0 Å². The van der Waals surface area contributed by atoms with Gasteiger partial charge >= 0.3 is 0 Å². The van der Waals surface area contributed by atoms with Crippen molar-refractivity contribution in [3.63, 3.8) is 0 Å². The molecule has 0 aliphatic heterocycles. The van der Waals surface area contributed by atoms with Gasteiger partial charge in [-0.3, -0.25) is 0 Å². The van der Waals surface area contributed by atoms with Gasteiger partial charge in [0.2, 0.25) is 0 Å². The zero-order valence-electron chi connectivity index (χ0n) is 6.77. The third-order valence-corrected chi connectivity index (χ3v) is 2.09. The average Bonchev–Trinajstić information content (AvgIpc) is 2.51. The van der Waals surface area contributed by atoms with Crippen LogP contribution in [0.2, 0.25) is 0 Å². The second kappa shape index (κ2) is 3.23. The molecule has 0 radical (unpaired) electrons. The third-order valence-electron chi connectivity index (χ3n) is 1.76. The number of aliphatic hydroxyl groups is 1. The van der Waals surface area contributed by atoms with Gasteiger partial charge in [-0.1, -0.05) is 12.2 Å². The molecule has 0 atom stereocenters. The van der Waals surface area contributed by atoms with Crippen molar-refractivity contribution in [3.8, 4) is 0 Å². The number of nitrogens with zero attached hydrogens (tertiary/aromatic N) is 3. The largest absolute Gasteiger partial charge is 0.394 e. The molecule has 0 bridgehead atoms. The first kappa shape index (κ1) is 8.33. The maximum Gasteiger partial charge on any atom is 0.140 e. The van der Waals surface area contributed by atoms with Crippen LogP contribution >= 0.6 is 12.2 Å². The molecule has 2 heterocycles. The van der Waals surface area contributed by atoms with E-state index in [-0.39, 0.29) is 6.61 Å². The summed E-state index contributed by atoms with van der Waals surface area (Å²) in [5, 5.41) is 13.6. The van der Waals surface area contributed by atoms with Gasteiger partial charge in [-0.15, -0.1) is 0 Å². The highest BCUT2D eigenvalue weighted by Crippen LogP contribution is 2.09. The third kappa shape index (κ3) is 1.34. The Morgan fingerprint density at radius 1 is 1.62 bits per heavy atom. The highest BCUT2D eigenvalue weighted by molar-refractivity contribution is 7.71. The molecule has 0 amide bonds. The molecule has 0 spiro atoms. The predicted octanol–water partition coefficient (Wildman–Crippen LogP) is 0.481. The summed E-state index contributed by atoms with van der Waals surface area (Å²) in [5.41, 5.74) is 0.800. The molecular weight excluding hydrogens is 188 g/mol. The number of nitrogens with one attached hydrogen (secondary N) is 1. The summed E-state index contributed by atoms with van der Waals surface area (Å²) in [4.78, 5) is 6.86. The van der Waals surface area contributed by atoms with Crippen LogP contribution < -0.4 is 0 Å². The fourth-order valence-corrected chi connectivity index (χ4v) is 1.38. The van der Waals surface area contributed by atoms with Crippen molar-refractivity contribution in [2.45, 2.75) is 6.54 Å². The number of aromatic amines is 1. The van der Waals surface area contributed by atoms with Crippen molar-refractivity contribution >= 4 is 23.3 Å². The van der Waals surface area contributed by atoms with Crippen molar-refractivity contribution < 1.29 is 5.11 Å². The van der Waals surface area contributed by atoms with E-state index in [1.165, 1.54) is 6.33 Å². The van der Waals surface area contributed by atoms with Crippen molar-refractivity contribution in [1.29, 1.82) is 0 Å². The lowest BCUT2D eigenvalue weighted by Gasteiger charge is -1.98. The highest BCUT2D eigenvalue weighted by Gasteiger charge is 2.02. The molecule has 6 heteroatoms. The topological polar surface area (TPSA) is 66.7 Å². The van der Waals surface area contributed by atoms with Crippen LogP contribution in [-0.2, 0) is 6.54 Å². The van der Waals surface area contributed by atoms with Gasteiger partial charge < -0.3 is 10.1 Å². The Kier molecular flexibility index (Phi) is 2.07. The SMILES string of the molecule is OCCn1ncc2c(=S)nc[nH]c21. The van der Waals surface area contributed by atoms with Crippen molar-refractivity contribution in [2.75, 3.05) is 6.61 Å². The number of H-pyrrole nitrogens is 1. The number of hydrogen-bond donors (Lipinski definition) is 2. The van der Waals surface area contributed by atoms with E-state index in [2.05, 4.69) is 15.1 Å². The molecule has 0 aromatic carbocycles. The summed E-state index contributed by atoms with van der Waals surface area (Å²) in [6.07, 6.45) is 3.18. The van der Waals surface area contributed by atoms with Crippen LogP contribution in [0.3, 0.4) is 0 Å². The first-order chi connectivity index (χ1) is 6.33. The van der Waals surface area contributed by atoms with Crippen LogP contribution in [0.25, 0.3) is 11.0 Å². The van der Waals surface area contributed by atoms with Gasteiger partial charge in [-0.05, 0) is 0 Å². The summed E-state index contributed by atoms with van der Waals surface area (Å²) in [6.45, 7) is 0.512. The van der Waals surface area contributed by atoms with Crippen LogP contribution in [0, 0.1) is 4.64 Å². The molecule has 0 saturated heterocycles. The van der Waals surface area contributed by atoms with Gasteiger partial charge in [-0.2, -0.15) is 5.10 Å². The summed E-state index contributed by atoms with van der Waals surface area (Å²) < 4.78 is 2.19. The van der Waals surface area contributed by atoms with Crippen molar-refractivity contribution in [3.05, 3.63) is 17.2 Å². The second-order valence-corrected chi connectivity index (χ2v) is 2.95. The minimum atomic E-state index is 0.0553. The standard InChI is InChI=1S/C7H8N4OS/c12-2-1-11-6-5(3-10-11)7(13)9-4-8-6/h3-4,12H,1-2H2,(H,8,9,13). The molecule has 2 aromatic heterocycles. The number of fused-ring (bicyclic) bond motifs is 1. The fourth-order valence-electron chi connectivity index (χ4n) is 1.18. The van der Waals surface area contributed by atoms with Gasteiger partial charge in [-0.25, -0.2) is 9.67 Å². The Balaban J connectivity index is 2.68. The van der Waals surface area contributed by atoms with E-state index in [0.29, 0.717) is 11.2 Å². The maximum atomic E-state index is 8.75. The number of aliphatic hydroxyl groups excluding tert-OH is 1. The summed E-state index contributed by atoms with van der Waals surface area (Å²) in [7, 11) is 0. The molecule has 0 saturated carbocycles. The molecule has 0 fully saturated rings. The number of rotatable bonds is 2. The first-order valence-electron chi connectivity index (χ1n) is 3.83. The van der Waals surface area contributed by atoms with Crippen LogP contribution in [0.4, 0.5) is 0 Å². The molecule has 2 N–H and O–H groups in total. The number of hydrogen-bond acceptors (Lipinski definition) is 4. The normalized spacial score (nSPS) is 10.8. The molecule has 2 rings (SSSR count). The Bertz CT molecular complexity index is 475. The monoisotopic (exact) mass is 196 g/mol. The molecule has 2 aromatic rings. The van der Waals surface area contributed by atoms with Crippen LogP contribution in [0.5, 0.6) is 0 Å². The first-order valence-corrected chi connectivity index (χ1v) is 4.24. The Labute approximate surface area is 79.0 Å². The van der Waals surface area contributed by atoms with Crippen LogP contribution in [0.15, 0.2) is 12.5 Å². The average molecular weight is 196 g/mol. The lowest BCUT2D eigenvalue weighted by Crippen LogP contribution is -2.04. The maximum absolute atomic E-state index is 8.75. The predicted molar refractivity (Wildman–Crippen MR) is 49.8 cm³/mol. The molecule has 0 aliphatic carbocycles. The smallest absolute Gasteiger partial charge is 0.140 e. The summed E-state index contributed by atoms with van der Waals surface area (Å²) in [6, 6.07) is 0.